The summed E-state index contributed by atoms with van der Waals surface area (Å²) in [7, 11) is -0.0830. The number of para-hydroxylation sites is 1. The molecule has 2 atom stereocenters. The van der Waals surface area contributed by atoms with Gasteiger partial charge in [-0.25, -0.2) is 14.3 Å². The number of esters is 1. The van der Waals surface area contributed by atoms with Crippen LogP contribution >= 0.6 is 0 Å². The van der Waals surface area contributed by atoms with Gasteiger partial charge in [-0.2, -0.15) is 4.31 Å². The van der Waals surface area contributed by atoms with E-state index in [1.807, 2.05) is 75.2 Å². The Kier molecular flexibility index (Phi) is 11.2. The highest BCUT2D eigenvalue weighted by molar-refractivity contribution is 7.89. The third-order valence-corrected chi connectivity index (χ3v) is 10.9. The molecule has 0 saturated carbocycles. The summed E-state index contributed by atoms with van der Waals surface area (Å²) in [5.41, 5.74) is 13.0. The number of benzene rings is 3. The number of rotatable bonds is 12. The summed E-state index contributed by atoms with van der Waals surface area (Å²) in [4.78, 5) is 15.8. The minimum atomic E-state index is -3.74. The zero-order valence-electron chi connectivity index (χ0n) is 27.5. The van der Waals surface area contributed by atoms with Crippen LogP contribution in [0, 0.1) is 13.8 Å². The lowest BCUT2D eigenvalue weighted by Crippen LogP contribution is -2.33. The lowest BCUT2D eigenvalue weighted by Gasteiger charge is -2.26. The number of nitrogens with zero attached hydrogens (tertiary/aromatic N) is 3. The minimum absolute atomic E-state index is 0.125. The molecule has 2 unspecified atom stereocenters. The molecule has 0 fully saturated rings. The molecule has 0 bridgehead atoms. The van der Waals surface area contributed by atoms with Crippen LogP contribution in [0.3, 0.4) is 0 Å². The Balaban J connectivity index is 1.73. The Labute approximate surface area is 269 Å². The number of nitrogen functional groups attached to an aromatic ring is 1. The molecule has 0 amide bonds. The van der Waals surface area contributed by atoms with Crippen molar-refractivity contribution in [1.29, 1.82) is 0 Å². The Morgan fingerprint density at radius 1 is 1.07 bits per heavy atom. The number of carbonyl (C=O) groups is 1. The van der Waals surface area contributed by atoms with E-state index < -0.39 is 10.0 Å². The number of aryl methyl sites for hydroxylation is 1. The first-order valence-corrected chi connectivity index (χ1v) is 17.3. The third-order valence-electron chi connectivity index (χ3n) is 8.99. The largest absolute Gasteiger partial charge is 0.462 e. The van der Waals surface area contributed by atoms with Crippen molar-refractivity contribution in [2.24, 2.45) is 5.84 Å². The third kappa shape index (κ3) is 7.62. The number of nitrogens with two attached hydrogens (primary N) is 2. The van der Waals surface area contributed by atoms with Gasteiger partial charge in [0.2, 0.25) is 10.0 Å². The van der Waals surface area contributed by atoms with Gasteiger partial charge in [0.1, 0.15) is 11.0 Å². The fraction of sp³-hybridized carbons (Fsp3) is 0.457. The predicted octanol–water partition coefficient (Wildman–Crippen LogP) is 5.87. The van der Waals surface area contributed by atoms with Crippen molar-refractivity contribution >= 4 is 33.1 Å². The molecule has 10 heteroatoms. The van der Waals surface area contributed by atoms with Crippen LogP contribution in [0.4, 0.5) is 17.1 Å². The molecule has 0 radical (unpaired) electrons. The summed E-state index contributed by atoms with van der Waals surface area (Å²) in [6, 6.07) is 17.0. The van der Waals surface area contributed by atoms with Gasteiger partial charge < -0.3 is 20.4 Å². The van der Waals surface area contributed by atoms with E-state index in [0.29, 0.717) is 35.0 Å². The minimum Gasteiger partial charge on any atom is -0.462 e. The normalized spacial score (nSPS) is 16.0. The fourth-order valence-electron chi connectivity index (χ4n) is 6.07. The highest BCUT2D eigenvalue weighted by Crippen LogP contribution is 2.38. The second kappa shape index (κ2) is 14.7. The summed E-state index contributed by atoms with van der Waals surface area (Å²) in [6.07, 6.45) is 3.64. The predicted molar refractivity (Wildman–Crippen MR) is 183 cm³/mol. The van der Waals surface area contributed by atoms with Crippen LogP contribution in [0.1, 0.15) is 79.7 Å². The van der Waals surface area contributed by atoms with Crippen molar-refractivity contribution in [3.63, 3.8) is 0 Å². The Morgan fingerprint density at radius 2 is 1.80 bits per heavy atom. The smallest absolute Gasteiger partial charge is 0.307 e. The van der Waals surface area contributed by atoms with Crippen LogP contribution < -0.4 is 21.5 Å². The number of anilines is 3. The van der Waals surface area contributed by atoms with E-state index in [4.69, 9.17) is 16.3 Å². The van der Waals surface area contributed by atoms with Crippen molar-refractivity contribution in [2.75, 3.05) is 42.8 Å². The first-order chi connectivity index (χ1) is 21.4. The van der Waals surface area contributed by atoms with Gasteiger partial charge in [-0.05, 0) is 72.7 Å². The molecule has 244 valence electrons. The quantitative estimate of drug-likeness (QED) is 0.110. The zero-order valence-corrected chi connectivity index (χ0v) is 28.4. The van der Waals surface area contributed by atoms with Crippen molar-refractivity contribution in [2.45, 2.75) is 83.3 Å². The van der Waals surface area contributed by atoms with Gasteiger partial charge >= 0.3 is 5.97 Å². The standard InChI is InChI=1S/C35H49N5O4S/c1-7-9-12-28(8-2)44-34(41)22-30(29-17-18-32(39(6)37)35(36)25(29)4)26-16-15-24(3)27(21-26)23-40-20-19-38(5)31-13-10-11-14-33(31)45(40,42)43/h10-11,13-18,21,28,30H,7-9,12,19-20,22-23,36-37H2,1-6H3. The second-order valence-corrected chi connectivity index (χ2v) is 14.1. The molecule has 1 aliphatic heterocycles. The number of hydrogen-bond acceptors (Lipinski definition) is 8. The molecule has 4 rings (SSSR count). The molecule has 3 aromatic carbocycles. The summed E-state index contributed by atoms with van der Waals surface area (Å²) in [6.45, 7) is 9.24. The van der Waals surface area contributed by atoms with Crippen LogP contribution in [0.5, 0.6) is 0 Å². The number of hydrogen-bond donors (Lipinski definition) is 2. The molecule has 0 aromatic heterocycles. The number of fused-ring (bicyclic) bond motifs is 1. The van der Waals surface area contributed by atoms with Gasteiger partial charge in [0, 0.05) is 39.6 Å². The maximum atomic E-state index is 13.9. The molecule has 1 aliphatic rings. The number of ether oxygens (including phenoxy) is 1. The molecule has 4 N–H and O–H groups in total. The van der Waals surface area contributed by atoms with Gasteiger partial charge in [0.15, 0.2) is 0 Å². The average Bonchev–Trinajstić information content (AvgIpc) is 3.10. The van der Waals surface area contributed by atoms with E-state index >= 15 is 0 Å². The van der Waals surface area contributed by atoms with Gasteiger partial charge in [-0.3, -0.25) is 4.79 Å². The van der Waals surface area contributed by atoms with Gasteiger partial charge in [-0.1, -0.05) is 63.1 Å². The van der Waals surface area contributed by atoms with Crippen LogP contribution in [0.25, 0.3) is 0 Å². The highest BCUT2D eigenvalue weighted by Gasteiger charge is 2.32. The molecule has 0 saturated heterocycles. The Bertz CT molecular complexity index is 1610. The lowest BCUT2D eigenvalue weighted by atomic mass is 9.84. The monoisotopic (exact) mass is 635 g/mol. The van der Waals surface area contributed by atoms with Crippen molar-refractivity contribution < 1.29 is 17.9 Å². The molecule has 0 aliphatic carbocycles. The van der Waals surface area contributed by atoms with Crippen LogP contribution in [-0.2, 0) is 26.1 Å². The number of sulfonamides is 1. The summed E-state index contributed by atoms with van der Waals surface area (Å²) in [5, 5.41) is 1.48. The van der Waals surface area contributed by atoms with E-state index in [1.165, 1.54) is 5.01 Å². The van der Waals surface area contributed by atoms with E-state index in [1.54, 1.807) is 23.5 Å². The summed E-state index contributed by atoms with van der Waals surface area (Å²) >= 11 is 0. The first kappa shape index (κ1) is 34.3. The van der Waals surface area contributed by atoms with E-state index in [9.17, 15) is 13.2 Å². The maximum absolute atomic E-state index is 13.9. The van der Waals surface area contributed by atoms with E-state index in [-0.39, 0.29) is 31.0 Å². The van der Waals surface area contributed by atoms with E-state index in [2.05, 4.69) is 6.92 Å². The van der Waals surface area contributed by atoms with Crippen molar-refractivity contribution in [3.05, 3.63) is 82.4 Å². The van der Waals surface area contributed by atoms with Gasteiger partial charge in [0.25, 0.3) is 0 Å². The molecular formula is C35H49N5O4S. The van der Waals surface area contributed by atoms with Crippen molar-refractivity contribution in [1.82, 2.24) is 4.31 Å². The average molecular weight is 636 g/mol. The zero-order chi connectivity index (χ0) is 32.9. The second-order valence-electron chi connectivity index (χ2n) is 12.2. The molecule has 1 heterocycles. The highest BCUT2D eigenvalue weighted by atomic mass is 32.2. The number of unbranched alkanes of at least 4 members (excludes halogenated alkanes) is 1. The fourth-order valence-corrected chi connectivity index (χ4v) is 7.71. The Hall–Kier alpha value is -3.60. The van der Waals surface area contributed by atoms with Crippen LogP contribution in [0.2, 0.25) is 0 Å². The SMILES string of the molecule is CCCCC(CC)OC(=O)CC(c1ccc(C)c(CN2CCN(C)c3ccccc3S2(=O)=O)c1)c1ccc(N(C)N)c(N)c1C. The number of likely N-dealkylation sites (N-methyl/N-ethyl adjacent to an activating group) is 1. The first-order valence-electron chi connectivity index (χ1n) is 15.9. The Morgan fingerprint density at radius 3 is 2.49 bits per heavy atom. The topological polar surface area (TPSA) is 122 Å². The van der Waals surface area contributed by atoms with Crippen LogP contribution in [0.15, 0.2) is 59.5 Å². The van der Waals surface area contributed by atoms with E-state index in [0.717, 1.165) is 53.5 Å². The molecule has 45 heavy (non-hydrogen) atoms. The molecule has 9 nitrogen and oxygen atoms in total. The molecule has 0 spiro atoms. The number of carbonyl (C=O) groups excluding carboxylic acids is 1. The van der Waals surface area contributed by atoms with Crippen molar-refractivity contribution in [3.8, 4) is 0 Å². The lowest BCUT2D eigenvalue weighted by molar-refractivity contribution is -0.149. The van der Waals surface area contributed by atoms with Gasteiger partial charge in [0.05, 0.1) is 23.5 Å². The number of hydrazine groups is 1. The molecule has 3 aromatic rings. The maximum Gasteiger partial charge on any atom is 0.307 e. The summed E-state index contributed by atoms with van der Waals surface area (Å²) < 4.78 is 35.2. The van der Waals surface area contributed by atoms with Crippen LogP contribution in [-0.4, -0.2) is 52.0 Å². The van der Waals surface area contributed by atoms with Gasteiger partial charge in [-0.15, -0.1) is 0 Å². The molecular weight excluding hydrogens is 586 g/mol. The summed E-state index contributed by atoms with van der Waals surface area (Å²) in [5.74, 6) is 5.41.